The number of alkyl halides is 2. The Kier molecular flexibility index (Phi) is 4.97. The predicted molar refractivity (Wildman–Crippen MR) is 103 cm³/mol. The number of aryl methyl sites for hydroxylation is 2. The van der Waals surface area contributed by atoms with Crippen LogP contribution in [0.4, 0.5) is 20.3 Å². The molecule has 3 rings (SSSR count). The summed E-state index contributed by atoms with van der Waals surface area (Å²) in [5, 5.41) is 7.25. The fourth-order valence-corrected chi connectivity index (χ4v) is 3.40. The maximum Gasteiger partial charge on any atom is 0.270 e. The Morgan fingerprint density at radius 2 is 1.82 bits per heavy atom. The molecule has 9 heteroatoms. The lowest BCUT2D eigenvalue weighted by Crippen LogP contribution is -2.09. The van der Waals surface area contributed by atoms with Gasteiger partial charge in [-0.25, -0.2) is 26.9 Å². The molecule has 0 aliphatic rings. The number of halogens is 2. The molecule has 1 aromatic carbocycles. The van der Waals surface area contributed by atoms with Crippen LogP contribution >= 0.6 is 0 Å². The SMILES string of the molecule is Cc1cc(C)n(-c2cc(S(C)(=O)=O)cc(Nc3cccc(C(C)(F)F)c3)n2)n1. The summed E-state index contributed by atoms with van der Waals surface area (Å²) in [6.45, 7) is 4.46. The van der Waals surface area contributed by atoms with E-state index in [1.807, 2.05) is 19.9 Å². The van der Waals surface area contributed by atoms with Crippen LogP contribution in [0.1, 0.15) is 23.9 Å². The van der Waals surface area contributed by atoms with Gasteiger partial charge in [-0.05, 0) is 38.1 Å². The third-order valence-electron chi connectivity index (χ3n) is 4.08. The monoisotopic (exact) mass is 406 g/mol. The van der Waals surface area contributed by atoms with Gasteiger partial charge in [0.2, 0.25) is 0 Å². The van der Waals surface area contributed by atoms with Gasteiger partial charge in [0.1, 0.15) is 5.82 Å². The summed E-state index contributed by atoms with van der Waals surface area (Å²) in [5.41, 5.74) is 1.76. The number of aromatic nitrogens is 3. The molecule has 1 N–H and O–H groups in total. The summed E-state index contributed by atoms with van der Waals surface area (Å²) in [6.07, 6.45) is 1.09. The van der Waals surface area contributed by atoms with E-state index in [-0.39, 0.29) is 16.3 Å². The zero-order valence-electron chi connectivity index (χ0n) is 15.9. The quantitative estimate of drug-likeness (QED) is 0.689. The molecule has 3 aromatic rings. The summed E-state index contributed by atoms with van der Waals surface area (Å²) in [5.74, 6) is -2.47. The molecule has 148 valence electrons. The molecular weight excluding hydrogens is 386 g/mol. The highest BCUT2D eigenvalue weighted by molar-refractivity contribution is 7.90. The molecule has 0 bridgehead atoms. The Balaban J connectivity index is 2.09. The number of nitrogens with zero attached hydrogens (tertiary/aromatic N) is 3. The number of pyridine rings is 1. The van der Waals surface area contributed by atoms with Crippen molar-refractivity contribution in [3.8, 4) is 5.82 Å². The van der Waals surface area contributed by atoms with Crippen LogP contribution < -0.4 is 5.32 Å². The van der Waals surface area contributed by atoms with Gasteiger partial charge >= 0.3 is 0 Å². The van der Waals surface area contributed by atoms with E-state index in [1.165, 1.54) is 35.0 Å². The first-order valence-corrected chi connectivity index (χ1v) is 10.3. The van der Waals surface area contributed by atoms with Gasteiger partial charge < -0.3 is 5.32 Å². The van der Waals surface area contributed by atoms with E-state index in [4.69, 9.17) is 0 Å². The maximum absolute atomic E-state index is 13.6. The molecule has 0 atom stereocenters. The van der Waals surface area contributed by atoms with Gasteiger partial charge in [-0.3, -0.25) is 0 Å². The molecule has 6 nitrogen and oxygen atoms in total. The van der Waals surface area contributed by atoms with E-state index >= 15 is 0 Å². The molecule has 0 unspecified atom stereocenters. The van der Waals surface area contributed by atoms with Crippen molar-refractivity contribution in [2.24, 2.45) is 0 Å². The van der Waals surface area contributed by atoms with Gasteiger partial charge in [-0.1, -0.05) is 12.1 Å². The van der Waals surface area contributed by atoms with Crippen molar-refractivity contribution in [2.45, 2.75) is 31.6 Å². The van der Waals surface area contributed by atoms with Crippen LogP contribution in [0.5, 0.6) is 0 Å². The van der Waals surface area contributed by atoms with Crippen LogP contribution in [-0.2, 0) is 15.8 Å². The van der Waals surface area contributed by atoms with Crippen LogP contribution in [0.2, 0.25) is 0 Å². The second-order valence-corrected chi connectivity index (χ2v) is 8.77. The third kappa shape index (κ3) is 4.36. The van der Waals surface area contributed by atoms with Crippen LogP contribution in [-0.4, -0.2) is 29.4 Å². The van der Waals surface area contributed by atoms with E-state index in [1.54, 1.807) is 6.07 Å². The molecule has 0 radical (unpaired) electrons. The van der Waals surface area contributed by atoms with Crippen LogP contribution in [0, 0.1) is 13.8 Å². The van der Waals surface area contributed by atoms with Crippen LogP contribution in [0.3, 0.4) is 0 Å². The lowest BCUT2D eigenvalue weighted by atomic mass is 10.1. The normalized spacial score (nSPS) is 12.2. The highest BCUT2D eigenvalue weighted by atomic mass is 32.2. The Morgan fingerprint density at radius 1 is 1.11 bits per heavy atom. The summed E-state index contributed by atoms with van der Waals surface area (Å²) in [6, 6.07) is 10.4. The molecule has 28 heavy (non-hydrogen) atoms. The number of hydrogen-bond acceptors (Lipinski definition) is 5. The van der Waals surface area contributed by atoms with Gasteiger partial charge in [0.05, 0.1) is 10.6 Å². The number of hydrogen-bond donors (Lipinski definition) is 1. The standard InChI is InChI=1S/C19H20F2N4O2S/c1-12-8-13(2)25(24-12)18-11-16(28(4,26)27)10-17(23-18)22-15-7-5-6-14(9-15)19(3,20)21/h5-11H,1-4H3,(H,22,23). The van der Waals surface area contributed by atoms with Gasteiger partial charge in [-0.2, -0.15) is 5.10 Å². The lowest BCUT2D eigenvalue weighted by molar-refractivity contribution is 0.0175. The number of rotatable bonds is 5. The second kappa shape index (κ2) is 6.97. The van der Waals surface area contributed by atoms with Crippen molar-refractivity contribution in [3.63, 3.8) is 0 Å². The van der Waals surface area contributed by atoms with Gasteiger partial charge in [0, 0.05) is 36.2 Å². The molecule has 2 heterocycles. The van der Waals surface area contributed by atoms with E-state index in [9.17, 15) is 17.2 Å². The van der Waals surface area contributed by atoms with E-state index in [2.05, 4.69) is 15.4 Å². The molecule has 0 amide bonds. The minimum absolute atomic E-state index is 0.0459. The van der Waals surface area contributed by atoms with E-state index in [0.717, 1.165) is 24.6 Å². The first-order valence-electron chi connectivity index (χ1n) is 8.45. The zero-order chi connectivity index (χ0) is 20.7. The van der Waals surface area contributed by atoms with E-state index < -0.39 is 15.8 Å². The summed E-state index contributed by atoms with van der Waals surface area (Å²) < 4.78 is 52.9. The average Bonchev–Trinajstić information content (AvgIpc) is 2.92. The number of anilines is 2. The van der Waals surface area contributed by atoms with Gasteiger partial charge in [0.15, 0.2) is 15.7 Å². The Hall–Kier alpha value is -2.81. The third-order valence-corrected chi connectivity index (χ3v) is 5.17. The molecule has 2 aromatic heterocycles. The molecule has 0 aliphatic heterocycles. The van der Waals surface area contributed by atoms with Gasteiger partial charge in [0.25, 0.3) is 5.92 Å². The van der Waals surface area contributed by atoms with Crippen molar-refractivity contribution in [2.75, 3.05) is 11.6 Å². The largest absolute Gasteiger partial charge is 0.340 e. The topological polar surface area (TPSA) is 76.9 Å². The second-order valence-electron chi connectivity index (χ2n) is 6.75. The van der Waals surface area contributed by atoms with Crippen molar-refractivity contribution in [1.82, 2.24) is 14.8 Å². The van der Waals surface area contributed by atoms with Crippen LogP contribution in [0.25, 0.3) is 5.82 Å². The Bertz CT molecular complexity index is 1140. The minimum atomic E-state index is -3.53. The van der Waals surface area contributed by atoms with E-state index in [0.29, 0.717) is 11.5 Å². The summed E-state index contributed by atoms with van der Waals surface area (Å²) >= 11 is 0. The lowest BCUT2D eigenvalue weighted by Gasteiger charge is -2.14. The number of benzene rings is 1. The zero-order valence-corrected chi connectivity index (χ0v) is 16.7. The van der Waals surface area contributed by atoms with Crippen molar-refractivity contribution in [3.05, 3.63) is 59.4 Å². The smallest absolute Gasteiger partial charge is 0.270 e. The number of sulfone groups is 1. The highest BCUT2D eigenvalue weighted by Gasteiger charge is 2.24. The Morgan fingerprint density at radius 3 is 2.39 bits per heavy atom. The minimum Gasteiger partial charge on any atom is -0.340 e. The highest BCUT2D eigenvalue weighted by Crippen LogP contribution is 2.30. The summed E-state index contributed by atoms with van der Waals surface area (Å²) in [7, 11) is -3.53. The molecule has 0 saturated heterocycles. The molecule has 0 saturated carbocycles. The number of nitrogens with one attached hydrogen (secondary N) is 1. The first kappa shape index (κ1) is 19.9. The maximum atomic E-state index is 13.6. The fraction of sp³-hybridized carbons (Fsp3) is 0.263. The van der Waals surface area contributed by atoms with Crippen molar-refractivity contribution in [1.29, 1.82) is 0 Å². The molecule has 0 fully saturated rings. The van der Waals surface area contributed by atoms with Gasteiger partial charge in [-0.15, -0.1) is 0 Å². The molecule has 0 aliphatic carbocycles. The Labute approximate surface area is 162 Å². The molecule has 0 spiro atoms. The van der Waals surface area contributed by atoms with Crippen molar-refractivity contribution >= 4 is 21.3 Å². The van der Waals surface area contributed by atoms with Crippen molar-refractivity contribution < 1.29 is 17.2 Å². The first-order chi connectivity index (χ1) is 12.9. The van der Waals surface area contributed by atoms with Crippen LogP contribution in [0.15, 0.2) is 47.4 Å². The molecular formula is C19H20F2N4O2S. The summed E-state index contributed by atoms with van der Waals surface area (Å²) in [4.78, 5) is 4.46. The predicted octanol–water partition coefficient (Wildman–Crippen LogP) is 4.14. The fourth-order valence-electron chi connectivity index (χ4n) is 2.76. The average molecular weight is 406 g/mol.